The van der Waals surface area contributed by atoms with E-state index in [1.165, 1.54) is 16.7 Å². The Morgan fingerprint density at radius 3 is 2.53 bits per heavy atom. The van der Waals surface area contributed by atoms with Crippen molar-refractivity contribution in [3.05, 3.63) is 58.9 Å². The summed E-state index contributed by atoms with van der Waals surface area (Å²) in [6, 6.07) is 10.4. The average molecular weight is 198 g/mol. The van der Waals surface area contributed by atoms with Crippen LogP contribution in [0.2, 0.25) is 0 Å². The largest absolute Gasteiger partial charge is 0.159 e. The van der Waals surface area contributed by atoms with Crippen molar-refractivity contribution in [1.29, 1.82) is 0 Å². The quantitative estimate of drug-likeness (QED) is 0.741. The SMILES string of the molecule is Cc1cnnc(Cc2ccccc2)c1C. The van der Waals surface area contributed by atoms with E-state index in [-0.39, 0.29) is 0 Å². The van der Waals surface area contributed by atoms with Gasteiger partial charge in [0.2, 0.25) is 0 Å². The van der Waals surface area contributed by atoms with Crippen LogP contribution in [0.1, 0.15) is 22.4 Å². The molecule has 0 bridgehead atoms. The zero-order valence-electron chi connectivity index (χ0n) is 9.07. The highest BCUT2D eigenvalue weighted by molar-refractivity contribution is 5.29. The van der Waals surface area contributed by atoms with Crippen LogP contribution in [-0.4, -0.2) is 10.2 Å². The van der Waals surface area contributed by atoms with E-state index in [9.17, 15) is 0 Å². The van der Waals surface area contributed by atoms with Crippen LogP contribution in [0.3, 0.4) is 0 Å². The molecule has 0 N–H and O–H groups in total. The molecule has 0 fully saturated rings. The maximum absolute atomic E-state index is 4.18. The van der Waals surface area contributed by atoms with E-state index in [4.69, 9.17) is 0 Å². The van der Waals surface area contributed by atoms with Gasteiger partial charge in [0.15, 0.2) is 0 Å². The van der Waals surface area contributed by atoms with Gasteiger partial charge in [-0.25, -0.2) is 0 Å². The fourth-order valence-electron chi connectivity index (χ4n) is 1.54. The van der Waals surface area contributed by atoms with Gasteiger partial charge < -0.3 is 0 Å². The molecule has 0 spiro atoms. The van der Waals surface area contributed by atoms with Crippen LogP contribution in [0.4, 0.5) is 0 Å². The Hall–Kier alpha value is -1.70. The Bertz CT molecular complexity index is 449. The third-order valence-corrected chi connectivity index (χ3v) is 2.67. The zero-order chi connectivity index (χ0) is 10.7. The average Bonchev–Trinajstić information content (AvgIpc) is 2.26. The molecular weight excluding hydrogens is 184 g/mol. The smallest absolute Gasteiger partial charge is 0.0706 e. The lowest BCUT2D eigenvalue weighted by atomic mass is 10.0. The van der Waals surface area contributed by atoms with Crippen molar-refractivity contribution in [2.24, 2.45) is 0 Å². The highest BCUT2D eigenvalue weighted by Gasteiger charge is 2.03. The molecule has 0 radical (unpaired) electrons. The molecule has 0 aliphatic carbocycles. The molecule has 0 saturated carbocycles. The maximum atomic E-state index is 4.18. The highest BCUT2D eigenvalue weighted by atomic mass is 15.1. The lowest BCUT2D eigenvalue weighted by molar-refractivity contribution is 0.905. The number of hydrogen-bond acceptors (Lipinski definition) is 2. The van der Waals surface area contributed by atoms with Gasteiger partial charge >= 0.3 is 0 Å². The second-order valence-electron chi connectivity index (χ2n) is 3.76. The summed E-state index contributed by atoms with van der Waals surface area (Å²) in [7, 11) is 0. The van der Waals surface area contributed by atoms with Gasteiger partial charge in [-0.3, -0.25) is 0 Å². The van der Waals surface area contributed by atoms with E-state index in [1.807, 2.05) is 24.4 Å². The first-order valence-electron chi connectivity index (χ1n) is 5.09. The Morgan fingerprint density at radius 2 is 1.80 bits per heavy atom. The van der Waals surface area contributed by atoms with Gasteiger partial charge in [-0.2, -0.15) is 10.2 Å². The minimum absolute atomic E-state index is 0.862. The Balaban J connectivity index is 2.29. The second-order valence-corrected chi connectivity index (χ2v) is 3.76. The predicted octanol–water partition coefficient (Wildman–Crippen LogP) is 2.68. The first-order valence-corrected chi connectivity index (χ1v) is 5.09. The molecule has 1 aromatic heterocycles. The van der Waals surface area contributed by atoms with Gasteiger partial charge in [0.1, 0.15) is 0 Å². The number of nitrogens with zero attached hydrogens (tertiary/aromatic N) is 2. The zero-order valence-corrected chi connectivity index (χ0v) is 9.07. The molecule has 2 nitrogen and oxygen atoms in total. The van der Waals surface area contributed by atoms with Gasteiger partial charge in [-0.1, -0.05) is 30.3 Å². The third-order valence-electron chi connectivity index (χ3n) is 2.67. The highest BCUT2D eigenvalue weighted by Crippen LogP contribution is 2.12. The molecule has 76 valence electrons. The lowest BCUT2D eigenvalue weighted by Crippen LogP contribution is -1.99. The molecule has 15 heavy (non-hydrogen) atoms. The normalized spacial score (nSPS) is 10.3. The van der Waals surface area contributed by atoms with E-state index in [1.54, 1.807) is 0 Å². The molecule has 0 saturated heterocycles. The summed E-state index contributed by atoms with van der Waals surface area (Å²) in [5.41, 5.74) is 4.80. The Kier molecular flexibility index (Phi) is 2.77. The summed E-state index contributed by atoms with van der Waals surface area (Å²) in [5, 5.41) is 8.18. The molecule has 2 heteroatoms. The number of aromatic nitrogens is 2. The van der Waals surface area contributed by atoms with Crippen LogP contribution < -0.4 is 0 Å². The minimum atomic E-state index is 0.862. The minimum Gasteiger partial charge on any atom is -0.159 e. The maximum Gasteiger partial charge on any atom is 0.0706 e. The van der Waals surface area contributed by atoms with Gasteiger partial charge in [-0.15, -0.1) is 0 Å². The van der Waals surface area contributed by atoms with Gasteiger partial charge in [0, 0.05) is 6.42 Å². The fraction of sp³-hybridized carbons (Fsp3) is 0.231. The van der Waals surface area contributed by atoms with Crippen molar-refractivity contribution < 1.29 is 0 Å². The molecule has 0 unspecified atom stereocenters. The number of rotatable bonds is 2. The number of benzene rings is 1. The summed E-state index contributed by atoms with van der Waals surface area (Å²) < 4.78 is 0. The molecule has 0 aliphatic rings. The summed E-state index contributed by atoms with van der Waals surface area (Å²) in [4.78, 5) is 0. The van der Waals surface area contributed by atoms with Gasteiger partial charge in [0.05, 0.1) is 11.9 Å². The number of hydrogen-bond donors (Lipinski definition) is 0. The van der Waals surface area contributed by atoms with Crippen molar-refractivity contribution in [2.75, 3.05) is 0 Å². The van der Waals surface area contributed by atoms with Crippen LogP contribution in [0.25, 0.3) is 0 Å². The van der Waals surface area contributed by atoms with E-state index < -0.39 is 0 Å². The molecule has 2 rings (SSSR count). The summed E-state index contributed by atoms with van der Waals surface area (Å²) in [6.07, 6.45) is 2.67. The topological polar surface area (TPSA) is 25.8 Å². The molecule has 0 aliphatic heterocycles. The second kappa shape index (κ2) is 4.22. The van der Waals surface area contributed by atoms with Crippen molar-refractivity contribution in [1.82, 2.24) is 10.2 Å². The molecule has 0 atom stereocenters. The van der Waals surface area contributed by atoms with Crippen LogP contribution in [0.5, 0.6) is 0 Å². The summed E-state index contributed by atoms with van der Waals surface area (Å²) >= 11 is 0. The van der Waals surface area contributed by atoms with Crippen LogP contribution in [0, 0.1) is 13.8 Å². The fourth-order valence-corrected chi connectivity index (χ4v) is 1.54. The first kappa shape index (κ1) is 9.84. The lowest BCUT2D eigenvalue weighted by Gasteiger charge is -2.05. The Morgan fingerprint density at radius 1 is 1.07 bits per heavy atom. The van der Waals surface area contributed by atoms with Gasteiger partial charge in [-0.05, 0) is 30.5 Å². The standard InChI is InChI=1S/C13H14N2/c1-10-9-14-15-13(11(10)2)8-12-6-4-3-5-7-12/h3-7,9H,8H2,1-2H3. The molecule has 2 aromatic rings. The van der Waals surface area contributed by atoms with Gasteiger partial charge in [0.25, 0.3) is 0 Å². The van der Waals surface area contributed by atoms with E-state index in [0.29, 0.717) is 0 Å². The van der Waals surface area contributed by atoms with E-state index in [0.717, 1.165) is 12.1 Å². The van der Waals surface area contributed by atoms with E-state index in [2.05, 4.69) is 36.2 Å². The molecule has 1 heterocycles. The number of aryl methyl sites for hydroxylation is 1. The van der Waals surface area contributed by atoms with Crippen LogP contribution >= 0.6 is 0 Å². The van der Waals surface area contributed by atoms with Crippen molar-refractivity contribution in [3.8, 4) is 0 Å². The molecule has 0 amide bonds. The van der Waals surface area contributed by atoms with E-state index >= 15 is 0 Å². The molecule has 1 aromatic carbocycles. The monoisotopic (exact) mass is 198 g/mol. The summed E-state index contributed by atoms with van der Waals surface area (Å²) in [6.45, 7) is 4.17. The molecular formula is C13H14N2. The van der Waals surface area contributed by atoms with Crippen molar-refractivity contribution >= 4 is 0 Å². The predicted molar refractivity (Wildman–Crippen MR) is 60.8 cm³/mol. The Labute approximate surface area is 90.0 Å². The summed E-state index contributed by atoms with van der Waals surface area (Å²) in [5.74, 6) is 0. The van der Waals surface area contributed by atoms with Crippen LogP contribution in [-0.2, 0) is 6.42 Å². The van der Waals surface area contributed by atoms with Crippen molar-refractivity contribution in [2.45, 2.75) is 20.3 Å². The van der Waals surface area contributed by atoms with Crippen molar-refractivity contribution in [3.63, 3.8) is 0 Å². The van der Waals surface area contributed by atoms with Crippen LogP contribution in [0.15, 0.2) is 36.5 Å². The third kappa shape index (κ3) is 2.21. The first-order chi connectivity index (χ1) is 7.27.